The predicted octanol–water partition coefficient (Wildman–Crippen LogP) is 9.49. The summed E-state index contributed by atoms with van der Waals surface area (Å²) < 4.78 is 5.23. The molecular formula is C43H34N4O2. The first-order chi connectivity index (χ1) is 24.2. The van der Waals surface area contributed by atoms with E-state index in [9.17, 15) is 5.11 Å². The monoisotopic (exact) mass is 638 g/mol. The number of phenols is 1. The Balaban J connectivity index is 0.000000154. The summed E-state index contributed by atoms with van der Waals surface area (Å²) in [6.07, 6.45) is 1.43. The van der Waals surface area contributed by atoms with Crippen LogP contribution in [0.4, 0.5) is 0 Å². The number of benzene rings is 6. The number of fused-ring (bicyclic) bond motifs is 2. The summed E-state index contributed by atoms with van der Waals surface area (Å²) in [5, 5.41) is 32.0. The zero-order valence-corrected chi connectivity index (χ0v) is 27.1. The van der Waals surface area contributed by atoms with Crippen LogP contribution in [0.15, 0.2) is 158 Å². The summed E-state index contributed by atoms with van der Waals surface area (Å²) in [6.45, 7) is 0. The van der Waals surface area contributed by atoms with Crippen LogP contribution in [0, 0.1) is 0 Å². The second-order valence-electron chi connectivity index (χ2n) is 11.7. The standard InChI is InChI=1S/C22H18N2O.C21H16N2O/c1-25-18-13-11-16(12-14-18)15-21-19-9-5-6-10-20(19)22(24-23-21)17-7-3-2-4-8-17;24-17-12-10-15(11-13-17)14-20-18-8-4-5-9-19(18)21(23-22-20)16-6-2-1-3-7-16/h2-14H,15H2,1H3;1-13,24H,14H2. The van der Waals surface area contributed by atoms with E-state index in [-0.39, 0.29) is 5.75 Å². The van der Waals surface area contributed by atoms with Gasteiger partial charge in [-0.25, -0.2) is 0 Å². The van der Waals surface area contributed by atoms with Gasteiger partial charge in [0, 0.05) is 45.5 Å². The van der Waals surface area contributed by atoms with Crippen molar-refractivity contribution in [2.24, 2.45) is 0 Å². The van der Waals surface area contributed by atoms with Crippen LogP contribution in [0.1, 0.15) is 22.5 Å². The van der Waals surface area contributed by atoms with Gasteiger partial charge in [-0.2, -0.15) is 10.2 Å². The van der Waals surface area contributed by atoms with Crippen molar-refractivity contribution in [3.63, 3.8) is 0 Å². The molecule has 0 saturated carbocycles. The van der Waals surface area contributed by atoms with E-state index in [1.165, 1.54) is 5.56 Å². The third-order valence-corrected chi connectivity index (χ3v) is 8.46. The largest absolute Gasteiger partial charge is 0.508 e. The fraction of sp³-hybridized carbons (Fsp3) is 0.0698. The average Bonchev–Trinajstić information content (AvgIpc) is 3.17. The Morgan fingerprint density at radius 3 is 1.24 bits per heavy atom. The molecule has 0 aliphatic carbocycles. The molecule has 0 unspecified atom stereocenters. The Labute approximate surface area is 285 Å². The molecule has 6 heteroatoms. The van der Waals surface area contributed by atoms with Crippen molar-refractivity contribution in [1.29, 1.82) is 0 Å². The van der Waals surface area contributed by atoms with Gasteiger partial charge in [0.25, 0.3) is 0 Å². The molecule has 49 heavy (non-hydrogen) atoms. The lowest BCUT2D eigenvalue weighted by atomic mass is 10.0. The summed E-state index contributed by atoms with van der Waals surface area (Å²) in [5.74, 6) is 1.13. The van der Waals surface area contributed by atoms with E-state index in [1.807, 2.05) is 78.9 Å². The molecule has 6 aromatic carbocycles. The van der Waals surface area contributed by atoms with Gasteiger partial charge >= 0.3 is 0 Å². The van der Waals surface area contributed by atoms with Crippen molar-refractivity contribution in [1.82, 2.24) is 20.4 Å². The number of methoxy groups -OCH3 is 1. The average molecular weight is 639 g/mol. The van der Waals surface area contributed by atoms with Crippen LogP contribution in [0.3, 0.4) is 0 Å². The fourth-order valence-electron chi connectivity index (χ4n) is 5.94. The maximum Gasteiger partial charge on any atom is 0.118 e. The van der Waals surface area contributed by atoms with Crippen molar-refractivity contribution < 1.29 is 9.84 Å². The molecule has 0 radical (unpaired) electrons. The van der Waals surface area contributed by atoms with Crippen molar-refractivity contribution in [3.05, 3.63) is 180 Å². The molecule has 8 rings (SSSR count). The molecule has 6 nitrogen and oxygen atoms in total. The van der Waals surface area contributed by atoms with Crippen LogP contribution >= 0.6 is 0 Å². The molecule has 8 aromatic rings. The van der Waals surface area contributed by atoms with Crippen LogP contribution in [0.25, 0.3) is 44.1 Å². The fourth-order valence-corrected chi connectivity index (χ4v) is 5.94. The van der Waals surface area contributed by atoms with Gasteiger partial charge in [0.2, 0.25) is 0 Å². The number of nitrogens with zero attached hydrogens (tertiary/aromatic N) is 4. The minimum Gasteiger partial charge on any atom is -0.508 e. The van der Waals surface area contributed by atoms with Gasteiger partial charge in [-0.3, -0.25) is 0 Å². The predicted molar refractivity (Wildman–Crippen MR) is 197 cm³/mol. The lowest BCUT2D eigenvalue weighted by Crippen LogP contribution is -1.99. The lowest BCUT2D eigenvalue weighted by Gasteiger charge is -2.10. The molecule has 238 valence electrons. The van der Waals surface area contributed by atoms with Crippen molar-refractivity contribution in [3.8, 4) is 34.0 Å². The zero-order valence-electron chi connectivity index (χ0n) is 27.1. The molecule has 0 amide bonds. The van der Waals surface area contributed by atoms with Crippen LogP contribution in [0.2, 0.25) is 0 Å². The molecule has 0 aliphatic heterocycles. The van der Waals surface area contributed by atoms with Crippen molar-refractivity contribution >= 4 is 21.5 Å². The number of hydrogen-bond donors (Lipinski definition) is 1. The third-order valence-electron chi connectivity index (χ3n) is 8.46. The Morgan fingerprint density at radius 1 is 0.429 bits per heavy atom. The number of phenolic OH excluding ortho intramolecular Hbond substituents is 1. The summed E-state index contributed by atoms with van der Waals surface area (Å²) in [4.78, 5) is 0. The van der Waals surface area contributed by atoms with Gasteiger partial charge in [0.15, 0.2) is 0 Å². The van der Waals surface area contributed by atoms with Crippen molar-refractivity contribution in [2.45, 2.75) is 12.8 Å². The van der Waals surface area contributed by atoms with Gasteiger partial charge in [-0.05, 0) is 35.4 Å². The molecule has 1 N–H and O–H groups in total. The van der Waals surface area contributed by atoms with Crippen LogP contribution < -0.4 is 4.74 Å². The number of hydrogen-bond acceptors (Lipinski definition) is 6. The molecule has 0 fully saturated rings. The third kappa shape index (κ3) is 7.14. The van der Waals surface area contributed by atoms with E-state index in [0.717, 1.165) is 73.2 Å². The van der Waals surface area contributed by atoms with E-state index < -0.39 is 0 Å². The van der Waals surface area contributed by atoms with Gasteiger partial charge in [-0.1, -0.05) is 133 Å². The minimum atomic E-state index is 0.272. The summed E-state index contributed by atoms with van der Waals surface area (Å²) in [5.41, 5.74) is 8.19. The molecule has 0 bridgehead atoms. The molecule has 2 heterocycles. The number of ether oxygens (including phenoxy) is 1. The Bertz CT molecular complexity index is 2310. The van der Waals surface area contributed by atoms with Gasteiger partial charge in [-0.15, -0.1) is 10.2 Å². The second kappa shape index (κ2) is 14.6. The quantitative estimate of drug-likeness (QED) is 0.187. The van der Waals surface area contributed by atoms with E-state index in [1.54, 1.807) is 19.2 Å². The molecule has 0 saturated heterocycles. The minimum absolute atomic E-state index is 0.272. The SMILES string of the molecule is COc1ccc(Cc2nnc(-c3ccccc3)c3ccccc23)cc1.Oc1ccc(Cc2nnc(-c3ccccc3)c3ccccc23)cc1. The highest BCUT2D eigenvalue weighted by atomic mass is 16.5. The van der Waals surface area contributed by atoms with Gasteiger partial charge in [0.05, 0.1) is 18.5 Å². The Hall–Kier alpha value is -6.40. The highest BCUT2D eigenvalue weighted by molar-refractivity contribution is 5.96. The van der Waals surface area contributed by atoms with Crippen molar-refractivity contribution in [2.75, 3.05) is 7.11 Å². The molecule has 0 aliphatic rings. The Morgan fingerprint density at radius 2 is 0.816 bits per heavy atom. The van der Waals surface area contributed by atoms with E-state index in [0.29, 0.717) is 6.42 Å². The van der Waals surface area contributed by atoms with Crippen LogP contribution in [0.5, 0.6) is 11.5 Å². The smallest absolute Gasteiger partial charge is 0.118 e. The van der Waals surface area contributed by atoms with Gasteiger partial charge < -0.3 is 9.84 Å². The summed E-state index contributed by atoms with van der Waals surface area (Å²) in [7, 11) is 1.68. The van der Waals surface area contributed by atoms with Crippen LogP contribution in [-0.2, 0) is 12.8 Å². The second-order valence-corrected chi connectivity index (χ2v) is 11.7. The molecule has 0 spiro atoms. The highest BCUT2D eigenvalue weighted by Crippen LogP contribution is 2.30. The molecular weight excluding hydrogens is 604 g/mol. The molecule has 0 atom stereocenters. The van der Waals surface area contributed by atoms with Crippen LogP contribution in [-0.4, -0.2) is 32.6 Å². The van der Waals surface area contributed by atoms with E-state index >= 15 is 0 Å². The number of aromatic nitrogens is 4. The lowest BCUT2D eigenvalue weighted by molar-refractivity contribution is 0.414. The first-order valence-corrected chi connectivity index (χ1v) is 16.2. The zero-order chi connectivity index (χ0) is 33.4. The summed E-state index contributed by atoms with van der Waals surface area (Å²) in [6, 6.07) is 52.2. The topological polar surface area (TPSA) is 81.0 Å². The first kappa shape index (κ1) is 31.2. The van der Waals surface area contributed by atoms with E-state index in [4.69, 9.17) is 4.74 Å². The maximum absolute atomic E-state index is 9.43. The first-order valence-electron chi connectivity index (χ1n) is 16.2. The number of rotatable bonds is 7. The number of aromatic hydroxyl groups is 1. The van der Waals surface area contributed by atoms with Gasteiger partial charge in [0.1, 0.15) is 22.9 Å². The summed E-state index contributed by atoms with van der Waals surface area (Å²) >= 11 is 0. The normalized spacial score (nSPS) is 10.8. The van der Waals surface area contributed by atoms with E-state index in [2.05, 4.69) is 87.1 Å². The Kier molecular flexibility index (Phi) is 9.28. The highest BCUT2D eigenvalue weighted by Gasteiger charge is 2.12. The maximum atomic E-state index is 9.43. The molecule has 2 aromatic heterocycles.